The number of aromatic amines is 1. The second-order valence-electron chi connectivity index (χ2n) is 5.94. The van der Waals surface area contributed by atoms with E-state index < -0.39 is 0 Å². The molecule has 25 heavy (non-hydrogen) atoms. The van der Waals surface area contributed by atoms with Crippen molar-refractivity contribution in [3.05, 3.63) is 56.1 Å². The van der Waals surface area contributed by atoms with E-state index in [1.165, 1.54) is 0 Å². The molecule has 126 valence electrons. The average molecular weight is 400 g/mol. The van der Waals surface area contributed by atoms with Gasteiger partial charge in [0.2, 0.25) is 0 Å². The molecule has 1 N–H and O–H groups in total. The van der Waals surface area contributed by atoms with Crippen molar-refractivity contribution in [1.29, 1.82) is 0 Å². The zero-order valence-corrected chi connectivity index (χ0v) is 15.4. The Balaban J connectivity index is 1.92. The Morgan fingerprint density at radius 3 is 2.52 bits per heavy atom. The van der Waals surface area contributed by atoms with E-state index in [0.717, 1.165) is 21.3 Å². The van der Waals surface area contributed by atoms with Crippen LogP contribution in [0.4, 0.5) is 0 Å². The van der Waals surface area contributed by atoms with Crippen LogP contribution in [0, 0.1) is 20.8 Å². The monoisotopic (exact) mass is 399 g/mol. The highest BCUT2D eigenvalue weighted by Gasteiger charge is 2.15. The highest BCUT2D eigenvalue weighted by atomic mass is 79.9. The van der Waals surface area contributed by atoms with Crippen LogP contribution < -0.4 is 5.56 Å². The molecule has 4 rings (SSSR count). The maximum atomic E-state index is 12.4. The van der Waals surface area contributed by atoms with Crippen molar-refractivity contribution < 1.29 is 4.52 Å². The summed E-state index contributed by atoms with van der Waals surface area (Å²) in [6, 6.07) is 5.73. The third kappa shape index (κ3) is 2.68. The van der Waals surface area contributed by atoms with Gasteiger partial charge in [0.1, 0.15) is 16.8 Å². The third-order valence-electron chi connectivity index (χ3n) is 3.94. The van der Waals surface area contributed by atoms with Crippen LogP contribution >= 0.6 is 15.9 Å². The molecule has 8 heteroatoms. The number of nitrogens with one attached hydrogen (secondary N) is 1. The Morgan fingerprint density at radius 1 is 1.16 bits per heavy atom. The van der Waals surface area contributed by atoms with Crippen molar-refractivity contribution in [3.63, 3.8) is 0 Å². The van der Waals surface area contributed by atoms with Crippen LogP contribution in [0.15, 0.2) is 38.2 Å². The van der Waals surface area contributed by atoms with Crippen LogP contribution in [-0.2, 0) is 0 Å². The smallest absolute Gasteiger partial charge is 0.262 e. The lowest BCUT2D eigenvalue weighted by Crippen LogP contribution is -2.08. The minimum absolute atomic E-state index is 0.265. The van der Waals surface area contributed by atoms with Crippen molar-refractivity contribution in [3.8, 4) is 17.2 Å². The molecule has 0 aliphatic carbocycles. The van der Waals surface area contributed by atoms with Crippen LogP contribution in [0.3, 0.4) is 0 Å². The topological polar surface area (TPSA) is 89.6 Å². The van der Waals surface area contributed by atoms with Gasteiger partial charge in [0.05, 0.1) is 5.69 Å². The Labute approximate surface area is 150 Å². The fraction of sp³-hybridized carbons (Fsp3) is 0.176. The lowest BCUT2D eigenvalue weighted by Gasteiger charge is -2.10. The van der Waals surface area contributed by atoms with Gasteiger partial charge in [-0.05, 0) is 44.0 Å². The second kappa shape index (κ2) is 5.66. The van der Waals surface area contributed by atoms with Crippen LogP contribution in [0.5, 0.6) is 0 Å². The molecule has 0 bridgehead atoms. The molecule has 0 saturated heterocycles. The zero-order valence-electron chi connectivity index (χ0n) is 13.8. The number of halogens is 1. The third-order valence-corrected chi connectivity index (χ3v) is 4.40. The highest BCUT2D eigenvalue weighted by Crippen LogP contribution is 2.25. The number of nitrogens with zero attached hydrogens (tertiary/aromatic N) is 4. The minimum Gasteiger partial charge on any atom is -0.361 e. The molecule has 0 unspecified atom stereocenters. The highest BCUT2D eigenvalue weighted by molar-refractivity contribution is 9.10. The van der Waals surface area contributed by atoms with E-state index in [-0.39, 0.29) is 5.56 Å². The number of aromatic nitrogens is 5. The summed E-state index contributed by atoms with van der Waals surface area (Å²) in [7, 11) is 0. The maximum Gasteiger partial charge on any atom is 0.262 e. The molecule has 0 saturated carbocycles. The normalized spacial score (nSPS) is 11.4. The Bertz CT molecular complexity index is 1150. The molecule has 0 spiro atoms. The van der Waals surface area contributed by atoms with E-state index in [1.54, 1.807) is 23.9 Å². The van der Waals surface area contributed by atoms with Crippen molar-refractivity contribution in [2.24, 2.45) is 0 Å². The molecule has 0 aliphatic rings. The standard InChI is InChI=1S/C17H14BrN5O2/c1-8-4-11(18)5-9(2)14(8)23-7-12-15(21-23)19-16(20-17(12)24)13-6-10(3)25-22-13/h4-7H,1-3H3,(H,19,20,21,24). The summed E-state index contributed by atoms with van der Waals surface area (Å²) in [5.41, 5.74) is 3.59. The maximum absolute atomic E-state index is 12.4. The van der Waals surface area contributed by atoms with Gasteiger partial charge in [-0.3, -0.25) is 4.79 Å². The average Bonchev–Trinajstić information content (AvgIpc) is 3.12. The van der Waals surface area contributed by atoms with Gasteiger partial charge in [-0.15, -0.1) is 5.10 Å². The van der Waals surface area contributed by atoms with Crippen molar-refractivity contribution in [2.45, 2.75) is 20.8 Å². The lowest BCUT2D eigenvalue weighted by molar-refractivity contribution is 0.399. The van der Waals surface area contributed by atoms with Crippen LogP contribution in [0.1, 0.15) is 16.9 Å². The van der Waals surface area contributed by atoms with E-state index in [2.05, 4.69) is 36.2 Å². The van der Waals surface area contributed by atoms with Gasteiger partial charge in [-0.25, -0.2) is 9.67 Å². The summed E-state index contributed by atoms with van der Waals surface area (Å²) in [5, 5.41) is 8.81. The predicted molar refractivity (Wildman–Crippen MR) is 96.9 cm³/mol. The minimum atomic E-state index is -0.265. The molecule has 1 aromatic carbocycles. The van der Waals surface area contributed by atoms with Gasteiger partial charge < -0.3 is 9.51 Å². The molecule has 0 atom stereocenters. The van der Waals surface area contributed by atoms with Crippen molar-refractivity contribution in [2.75, 3.05) is 0 Å². The van der Waals surface area contributed by atoms with E-state index in [0.29, 0.717) is 28.3 Å². The number of fused-ring (bicyclic) bond motifs is 1. The van der Waals surface area contributed by atoms with Gasteiger partial charge in [-0.1, -0.05) is 21.1 Å². The molecule has 0 amide bonds. The van der Waals surface area contributed by atoms with Crippen LogP contribution in [-0.4, -0.2) is 24.9 Å². The number of aryl methyl sites for hydroxylation is 3. The lowest BCUT2D eigenvalue weighted by atomic mass is 10.1. The number of rotatable bonds is 2. The van der Waals surface area contributed by atoms with E-state index >= 15 is 0 Å². The van der Waals surface area contributed by atoms with Gasteiger partial charge in [-0.2, -0.15) is 0 Å². The summed E-state index contributed by atoms with van der Waals surface area (Å²) in [4.78, 5) is 19.6. The van der Waals surface area contributed by atoms with Gasteiger partial charge in [0, 0.05) is 16.7 Å². The molecule has 0 fully saturated rings. The molecule has 3 heterocycles. The second-order valence-corrected chi connectivity index (χ2v) is 6.85. The van der Waals surface area contributed by atoms with Crippen molar-refractivity contribution >= 4 is 27.0 Å². The van der Waals surface area contributed by atoms with Gasteiger partial charge in [0.25, 0.3) is 5.56 Å². The van der Waals surface area contributed by atoms with E-state index in [4.69, 9.17) is 4.52 Å². The summed E-state index contributed by atoms with van der Waals surface area (Å²) < 4.78 is 7.74. The molecule has 0 radical (unpaired) electrons. The molecular weight excluding hydrogens is 386 g/mol. The molecule has 4 aromatic rings. The summed E-state index contributed by atoms with van der Waals surface area (Å²) in [6.45, 7) is 5.78. The number of H-pyrrole nitrogens is 1. The van der Waals surface area contributed by atoms with E-state index in [9.17, 15) is 4.79 Å². The first-order chi connectivity index (χ1) is 11.9. The summed E-state index contributed by atoms with van der Waals surface area (Å²) in [6.07, 6.45) is 1.70. The number of benzene rings is 1. The molecule has 7 nitrogen and oxygen atoms in total. The largest absolute Gasteiger partial charge is 0.361 e. The zero-order chi connectivity index (χ0) is 17.7. The quantitative estimate of drug-likeness (QED) is 0.557. The first kappa shape index (κ1) is 15.8. The number of hydrogen-bond donors (Lipinski definition) is 1. The molecular formula is C17H14BrN5O2. The molecule has 0 aliphatic heterocycles. The SMILES string of the molecule is Cc1cc(-c2nc3nn(-c4c(C)cc(Br)cc4C)cc3c(=O)[nH]2)no1. The Kier molecular flexibility index (Phi) is 3.57. The van der Waals surface area contributed by atoms with Gasteiger partial charge >= 0.3 is 0 Å². The van der Waals surface area contributed by atoms with Crippen LogP contribution in [0.25, 0.3) is 28.2 Å². The fourth-order valence-electron chi connectivity index (χ4n) is 2.89. The van der Waals surface area contributed by atoms with Crippen LogP contribution in [0.2, 0.25) is 0 Å². The Morgan fingerprint density at radius 2 is 1.88 bits per heavy atom. The predicted octanol–water partition coefficient (Wildman–Crippen LogP) is 3.45. The Hall–Kier alpha value is -2.74. The summed E-state index contributed by atoms with van der Waals surface area (Å²) >= 11 is 3.49. The first-order valence-electron chi connectivity index (χ1n) is 7.63. The number of hydrogen-bond acceptors (Lipinski definition) is 5. The van der Waals surface area contributed by atoms with E-state index in [1.807, 2.05) is 26.0 Å². The summed E-state index contributed by atoms with van der Waals surface area (Å²) in [5.74, 6) is 0.980. The first-order valence-corrected chi connectivity index (χ1v) is 8.42. The molecule has 3 aromatic heterocycles. The van der Waals surface area contributed by atoms with Gasteiger partial charge in [0.15, 0.2) is 11.5 Å². The fourth-order valence-corrected chi connectivity index (χ4v) is 3.58. The van der Waals surface area contributed by atoms with Crippen molar-refractivity contribution in [1.82, 2.24) is 24.9 Å².